The van der Waals surface area contributed by atoms with Gasteiger partial charge in [0.05, 0.1) is 28.1 Å². The Kier molecular flexibility index (Phi) is 6.84. The Bertz CT molecular complexity index is 1210. The van der Waals surface area contributed by atoms with Gasteiger partial charge in [-0.15, -0.1) is 11.3 Å². The lowest BCUT2D eigenvalue weighted by Crippen LogP contribution is -2.39. The Morgan fingerprint density at radius 2 is 1.87 bits per heavy atom. The van der Waals surface area contributed by atoms with E-state index in [0.717, 1.165) is 16.4 Å². The largest absolute Gasteiger partial charge is 0.495 e. The van der Waals surface area contributed by atoms with Crippen molar-refractivity contribution in [2.45, 2.75) is 23.0 Å². The average Bonchev–Trinajstić information content (AvgIpc) is 3.26. The third-order valence-corrected chi connectivity index (χ3v) is 9.71. The number of anilines is 1. The quantitative estimate of drug-likeness (QED) is 0.364. The molecule has 1 aromatic heterocycles. The molecule has 2 heterocycles. The molecule has 0 aliphatic carbocycles. The van der Waals surface area contributed by atoms with Gasteiger partial charge < -0.3 is 9.64 Å². The summed E-state index contributed by atoms with van der Waals surface area (Å²) in [5.74, 6) is 0.372. The van der Waals surface area contributed by atoms with Crippen LogP contribution in [0, 0.1) is 0 Å². The first-order chi connectivity index (χ1) is 14.8. The van der Waals surface area contributed by atoms with Gasteiger partial charge in [-0.05, 0) is 43.2 Å². The highest BCUT2D eigenvalue weighted by Gasteiger charge is 2.34. The molecule has 2 aromatic carbocycles. The van der Waals surface area contributed by atoms with Gasteiger partial charge in [-0.3, -0.25) is 0 Å². The smallest absolute Gasteiger partial charge is 0.185 e. The number of nitrogens with zero attached hydrogens (tertiary/aromatic N) is 2. The summed E-state index contributed by atoms with van der Waals surface area (Å²) in [6, 6.07) is 10.5. The van der Waals surface area contributed by atoms with Crippen molar-refractivity contribution in [3.63, 3.8) is 0 Å². The van der Waals surface area contributed by atoms with Crippen molar-refractivity contribution in [2.24, 2.45) is 0 Å². The Hall–Kier alpha value is -1.32. The normalized spacial score (nSPS) is 15.3. The van der Waals surface area contributed by atoms with Crippen LogP contribution in [0.4, 0.5) is 5.13 Å². The monoisotopic (exact) mass is 560 g/mol. The lowest BCUT2D eigenvalue weighted by molar-refractivity contribution is 0.401. The first-order valence-corrected chi connectivity index (χ1v) is 13.5. The molecule has 31 heavy (non-hydrogen) atoms. The number of ether oxygens (including phenoxy) is 1. The van der Waals surface area contributed by atoms with Gasteiger partial charge in [-0.1, -0.05) is 45.2 Å². The van der Waals surface area contributed by atoms with Crippen molar-refractivity contribution in [1.29, 1.82) is 0 Å². The van der Waals surface area contributed by atoms with E-state index in [1.165, 1.54) is 18.4 Å². The number of aromatic nitrogens is 1. The molecule has 5 nitrogen and oxygen atoms in total. The van der Waals surface area contributed by atoms with Crippen molar-refractivity contribution in [3.8, 4) is 17.0 Å². The molecular formula is C21H19BrCl2N2O3S2. The third kappa shape index (κ3) is 4.73. The van der Waals surface area contributed by atoms with Gasteiger partial charge >= 0.3 is 0 Å². The summed E-state index contributed by atoms with van der Waals surface area (Å²) < 4.78 is 32.5. The molecule has 1 fully saturated rings. The molecule has 0 amide bonds. The van der Waals surface area contributed by atoms with E-state index in [4.69, 9.17) is 32.9 Å². The molecule has 1 aliphatic heterocycles. The van der Waals surface area contributed by atoms with E-state index in [9.17, 15) is 8.42 Å². The molecule has 164 valence electrons. The molecule has 1 aliphatic rings. The fourth-order valence-corrected chi connectivity index (χ4v) is 7.22. The maximum Gasteiger partial charge on any atom is 0.185 e. The molecule has 4 rings (SSSR count). The molecular weight excluding hydrogens is 543 g/mol. The van der Waals surface area contributed by atoms with Gasteiger partial charge in [0.15, 0.2) is 15.0 Å². The van der Waals surface area contributed by atoms with Gasteiger partial charge in [-0.25, -0.2) is 13.4 Å². The van der Waals surface area contributed by atoms with Gasteiger partial charge in [0.1, 0.15) is 10.6 Å². The van der Waals surface area contributed by atoms with E-state index in [-0.39, 0.29) is 4.90 Å². The Labute approximate surface area is 204 Å². The summed E-state index contributed by atoms with van der Waals surface area (Å²) in [5.41, 5.74) is 1.73. The van der Waals surface area contributed by atoms with Crippen molar-refractivity contribution < 1.29 is 13.2 Å². The van der Waals surface area contributed by atoms with Crippen LogP contribution in [0.5, 0.6) is 5.75 Å². The lowest BCUT2D eigenvalue weighted by Gasteiger charge is -2.31. The minimum Gasteiger partial charge on any atom is -0.495 e. The number of hydrogen-bond donors (Lipinski definition) is 0. The molecule has 1 saturated heterocycles. The van der Waals surface area contributed by atoms with Gasteiger partial charge in [0, 0.05) is 28.5 Å². The second-order valence-corrected chi connectivity index (χ2v) is 11.9. The molecule has 0 radical (unpaired) electrons. The van der Waals surface area contributed by atoms with Crippen LogP contribution in [0.25, 0.3) is 11.3 Å². The van der Waals surface area contributed by atoms with Crippen LogP contribution in [-0.4, -0.2) is 38.9 Å². The van der Waals surface area contributed by atoms with Crippen molar-refractivity contribution in [2.75, 3.05) is 25.1 Å². The zero-order chi connectivity index (χ0) is 22.2. The van der Waals surface area contributed by atoms with Crippen molar-refractivity contribution >= 4 is 65.4 Å². The number of halogens is 3. The molecule has 3 aromatic rings. The number of rotatable bonds is 5. The first kappa shape index (κ1) is 22.9. The highest BCUT2D eigenvalue weighted by Crippen LogP contribution is 2.36. The first-order valence-electron chi connectivity index (χ1n) is 9.53. The molecule has 0 atom stereocenters. The molecule has 0 bridgehead atoms. The fourth-order valence-electron chi connectivity index (χ4n) is 3.61. The van der Waals surface area contributed by atoms with E-state index in [0.29, 0.717) is 46.2 Å². The summed E-state index contributed by atoms with van der Waals surface area (Å²) in [6.45, 7) is 1.24. The van der Waals surface area contributed by atoms with Crippen LogP contribution in [0.2, 0.25) is 10.0 Å². The maximum absolute atomic E-state index is 13.3. The van der Waals surface area contributed by atoms with Crippen LogP contribution in [-0.2, 0) is 9.84 Å². The van der Waals surface area contributed by atoms with Gasteiger partial charge in [0.2, 0.25) is 0 Å². The van der Waals surface area contributed by atoms with Gasteiger partial charge in [0.25, 0.3) is 0 Å². The number of piperidine rings is 1. The standard InChI is InChI=1S/C21H19BrCl2N2O3S2/c1-29-19-5-3-14(22)11-20(19)31(27,28)15-6-8-26(9-7-15)21-25-18(12-30-21)13-2-4-16(23)17(24)10-13/h2-5,10-12,15H,6-9H2,1H3. The second-order valence-electron chi connectivity index (χ2n) is 7.17. The number of sulfone groups is 1. The number of thiazole rings is 1. The van der Waals surface area contributed by atoms with Crippen LogP contribution < -0.4 is 9.64 Å². The van der Waals surface area contributed by atoms with Crippen molar-refractivity contribution in [1.82, 2.24) is 4.98 Å². The summed E-state index contributed by atoms with van der Waals surface area (Å²) in [6.07, 6.45) is 1.05. The lowest BCUT2D eigenvalue weighted by atomic mass is 10.1. The van der Waals surface area contributed by atoms with E-state index in [2.05, 4.69) is 20.8 Å². The third-order valence-electron chi connectivity index (χ3n) is 5.29. The molecule has 0 spiro atoms. The average molecular weight is 562 g/mol. The summed E-state index contributed by atoms with van der Waals surface area (Å²) in [5, 5.41) is 3.39. The molecule has 0 saturated carbocycles. The van der Waals surface area contributed by atoms with E-state index < -0.39 is 15.1 Å². The molecule has 0 unspecified atom stereocenters. The van der Waals surface area contributed by atoms with Crippen LogP contribution in [0.3, 0.4) is 0 Å². The SMILES string of the molecule is COc1ccc(Br)cc1S(=O)(=O)C1CCN(c2nc(-c3ccc(Cl)c(Cl)c3)cs2)CC1. The summed E-state index contributed by atoms with van der Waals surface area (Å²) >= 11 is 17.0. The Morgan fingerprint density at radius 1 is 1.13 bits per heavy atom. The zero-order valence-corrected chi connectivity index (χ0v) is 21.2. The minimum absolute atomic E-state index is 0.235. The van der Waals surface area contributed by atoms with Crippen molar-refractivity contribution in [3.05, 3.63) is 56.3 Å². The Morgan fingerprint density at radius 3 is 2.55 bits per heavy atom. The van der Waals surface area contributed by atoms with E-state index in [1.807, 2.05) is 11.4 Å². The summed E-state index contributed by atoms with van der Waals surface area (Å²) in [7, 11) is -2.02. The van der Waals surface area contributed by atoms with E-state index >= 15 is 0 Å². The predicted molar refractivity (Wildman–Crippen MR) is 131 cm³/mol. The van der Waals surface area contributed by atoms with Crippen LogP contribution in [0.1, 0.15) is 12.8 Å². The summed E-state index contributed by atoms with van der Waals surface area (Å²) in [4.78, 5) is 7.10. The Balaban J connectivity index is 1.49. The maximum atomic E-state index is 13.3. The number of methoxy groups -OCH3 is 1. The topological polar surface area (TPSA) is 59.5 Å². The van der Waals surface area contributed by atoms with E-state index in [1.54, 1.807) is 30.3 Å². The highest BCUT2D eigenvalue weighted by atomic mass is 79.9. The number of hydrogen-bond acceptors (Lipinski definition) is 6. The fraction of sp³-hybridized carbons (Fsp3) is 0.286. The minimum atomic E-state index is -3.51. The highest BCUT2D eigenvalue weighted by molar-refractivity contribution is 9.10. The molecule has 0 N–H and O–H groups in total. The van der Waals surface area contributed by atoms with Crippen LogP contribution >= 0.6 is 50.5 Å². The number of benzene rings is 2. The van der Waals surface area contributed by atoms with Crippen LogP contribution in [0.15, 0.2) is 51.1 Å². The second kappa shape index (κ2) is 9.27. The van der Waals surface area contributed by atoms with Gasteiger partial charge in [-0.2, -0.15) is 0 Å². The predicted octanol–water partition coefficient (Wildman–Crippen LogP) is 6.33. The molecule has 10 heteroatoms. The zero-order valence-electron chi connectivity index (χ0n) is 16.5.